The lowest BCUT2D eigenvalue weighted by atomic mass is 9.81. The van der Waals surface area contributed by atoms with Crippen molar-refractivity contribution in [3.05, 3.63) is 238 Å². The molecule has 20 heteroatoms. The van der Waals surface area contributed by atoms with Crippen molar-refractivity contribution >= 4 is 69.1 Å². The number of rotatable bonds is 8. The number of nitrogens with zero attached hydrogens (tertiary/aromatic N) is 4. The first kappa shape index (κ1) is 65.8. The van der Waals surface area contributed by atoms with Crippen molar-refractivity contribution in [1.82, 2.24) is 9.15 Å². The van der Waals surface area contributed by atoms with E-state index in [1.54, 1.807) is 72.8 Å². The lowest BCUT2D eigenvalue weighted by Gasteiger charge is -2.25. The average Bonchev–Trinajstić information content (AvgIpc) is 0.744. The Labute approximate surface area is 531 Å². The molecule has 2 N–H and O–H groups in total. The molecule has 0 saturated heterocycles. The van der Waals surface area contributed by atoms with Gasteiger partial charge >= 0.3 is 23.9 Å². The molecule has 2 aliphatic carbocycles. The van der Waals surface area contributed by atoms with Crippen LogP contribution < -0.4 is 59.1 Å². The predicted octanol–water partition coefficient (Wildman–Crippen LogP) is 5.75. The molecule has 0 fully saturated rings. The van der Waals surface area contributed by atoms with E-state index in [-0.39, 0.29) is 78.4 Å². The van der Waals surface area contributed by atoms with Crippen LogP contribution in [0.4, 0.5) is 11.4 Å². The third kappa shape index (κ3) is 15.5. The molecule has 6 aromatic rings. The van der Waals surface area contributed by atoms with Gasteiger partial charge < -0.3 is 57.9 Å². The van der Waals surface area contributed by atoms with E-state index >= 15 is 0 Å². The zero-order valence-corrected chi connectivity index (χ0v) is 51.6. The number of aliphatic hydroxyl groups excluding tert-OH is 2. The number of Topliss-reactive ketones (excluding diaryl/α,β-unsaturated/α-hetero) is 2. The average molecular weight is 1250 g/mol. The fraction of sp³-hybridized carbons (Fsp3) is 0.222. The van der Waals surface area contributed by atoms with E-state index < -0.39 is 35.4 Å². The first-order valence-corrected chi connectivity index (χ1v) is 29.4. The molecule has 0 aromatic heterocycles. The van der Waals surface area contributed by atoms with Crippen LogP contribution in [0.2, 0.25) is 0 Å². The van der Waals surface area contributed by atoms with Crippen LogP contribution in [0.3, 0.4) is 0 Å². The largest absolute Gasteiger partial charge is 0.506 e. The van der Waals surface area contributed by atoms with Gasteiger partial charge in [0.1, 0.15) is 61.8 Å². The monoisotopic (exact) mass is 1250 g/mol. The van der Waals surface area contributed by atoms with Crippen molar-refractivity contribution in [3.63, 3.8) is 0 Å². The van der Waals surface area contributed by atoms with Gasteiger partial charge in [-0.1, -0.05) is 74.8 Å². The second-order valence-corrected chi connectivity index (χ2v) is 21.6. The number of ketones is 2. The lowest BCUT2D eigenvalue weighted by molar-refractivity contribution is -0.129. The summed E-state index contributed by atoms with van der Waals surface area (Å²) in [6, 6.07) is 35.1. The number of aliphatic hydroxyl groups is 2. The molecular formula is C72H70N4O16+2. The molecule has 18 aliphatic rings. The number of carbonyl (C=O) groups excluding carboxylic acids is 6. The highest BCUT2D eigenvalue weighted by atomic mass is 16.5. The van der Waals surface area contributed by atoms with Gasteiger partial charge in [0.05, 0.1) is 74.1 Å². The van der Waals surface area contributed by atoms with Gasteiger partial charge in [0.25, 0.3) is 0 Å². The summed E-state index contributed by atoms with van der Waals surface area (Å²) in [7, 11) is 7.30. The van der Waals surface area contributed by atoms with Gasteiger partial charge in [0.2, 0.25) is 22.3 Å². The molecule has 0 spiro atoms. The Bertz CT molecular complexity index is 4070. The topological polar surface area (TPSA) is 229 Å². The van der Waals surface area contributed by atoms with Crippen molar-refractivity contribution in [1.29, 1.82) is 0 Å². The molecule has 0 unspecified atom stereocenters. The number of allylic oxidation sites excluding steroid dienone is 4. The number of ether oxygens (including phenoxy) is 8. The van der Waals surface area contributed by atoms with Crippen LogP contribution in [0.25, 0.3) is 22.3 Å². The summed E-state index contributed by atoms with van der Waals surface area (Å²) < 4.78 is 50.7. The first-order valence-electron chi connectivity index (χ1n) is 29.4. The lowest BCUT2D eigenvalue weighted by Crippen LogP contribution is -2.33. The van der Waals surface area contributed by atoms with Crippen LogP contribution in [-0.4, -0.2) is 126 Å². The molecule has 472 valence electrons. The molecule has 0 saturated carbocycles. The molecular weight excluding hydrogens is 1180 g/mol. The minimum absolute atomic E-state index is 0.00273. The van der Waals surface area contributed by atoms with Crippen molar-refractivity contribution < 1.29 is 76.9 Å². The van der Waals surface area contributed by atoms with E-state index in [4.69, 9.17) is 37.9 Å². The maximum absolute atomic E-state index is 14.2. The van der Waals surface area contributed by atoms with Crippen LogP contribution >= 0.6 is 0 Å². The SMILES string of the molecule is C=CC(=O)Oc1cc2ccc1C1=C(O)/C(=c3\cc/c(cc3OC(=O)C=C)=[N+](/C)CCOCc3cccc(c3)COCC/[N+](C)=c3\cc/c(c(OC(=O)C=C)c3)=C3/C(=O)C(=C3O)c3ccc(cc3OC(=O)C=C)N(C)CCOCc3cccc(c3)COCCN2C)C1=O. The number of hydrogen-bond donors (Lipinski definition) is 2. The summed E-state index contributed by atoms with van der Waals surface area (Å²) in [6.45, 7) is 18.1. The Kier molecular flexibility index (Phi) is 21.6. The molecule has 0 atom stereocenters. The first-order chi connectivity index (χ1) is 44.4. The van der Waals surface area contributed by atoms with Gasteiger partial charge in [-0.3, -0.25) is 9.59 Å². The summed E-state index contributed by atoms with van der Waals surface area (Å²) in [6.07, 6.45) is 3.96. The minimum Gasteiger partial charge on any atom is -0.506 e. The molecule has 20 nitrogen and oxygen atoms in total. The highest BCUT2D eigenvalue weighted by Crippen LogP contribution is 2.43. The number of benzene rings is 6. The molecule has 92 heavy (non-hydrogen) atoms. The number of likely N-dealkylation sites (N-methyl/N-ethyl adjacent to an activating group) is 4. The third-order valence-corrected chi connectivity index (χ3v) is 15.4. The highest BCUT2D eigenvalue weighted by Gasteiger charge is 2.40. The molecule has 0 amide bonds. The van der Waals surface area contributed by atoms with E-state index in [9.17, 15) is 39.0 Å². The van der Waals surface area contributed by atoms with Gasteiger partial charge in [0.15, 0.2) is 13.1 Å². The van der Waals surface area contributed by atoms with E-state index in [2.05, 4.69) is 26.3 Å². The normalized spacial score (nSPS) is 18.0. The van der Waals surface area contributed by atoms with Crippen LogP contribution in [0.5, 0.6) is 23.0 Å². The predicted molar refractivity (Wildman–Crippen MR) is 346 cm³/mol. The second kappa shape index (κ2) is 30.2. The van der Waals surface area contributed by atoms with Gasteiger partial charge in [-0.2, -0.15) is 0 Å². The fourth-order valence-corrected chi connectivity index (χ4v) is 10.3. The van der Waals surface area contributed by atoms with Gasteiger partial charge in [0, 0.05) is 109 Å². The number of carbonyl (C=O) groups is 6. The highest BCUT2D eigenvalue weighted by molar-refractivity contribution is 6.52. The summed E-state index contributed by atoms with van der Waals surface area (Å²) in [5.74, 6) is -5.06. The standard InChI is InChI=1S/C72H68N4O16/c1-9-61(77)89-57-37-49-19-23-53(57)65-69(81)66(70(65)82)54-24-20-50(38-58(54)90-62(78)10-2)74(6)28-32-86-43-47-17-14-18-48(36-47)44-88-34-30-76(8)52-22-26-56(60(40-52)92-64(80)12-4)68-71(83)67(72(68)84)55-25-21-51(39-59(55)91-63(79)11-3)75(7)29-33-87-42-46-16-13-15-45(35-46)41-85-31-27-73(49)5/h9-26,35-40H,1-4,27-34,41-44H2,5-8H3/p+2. The zero-order chi connectivity index (χ0) is 65.6. The van der Waals surface area contributed by atoms with E-state index in [0.717, 1.165) is 46.6 Å². The maximum Gasteiger partial charge on any atom is 0.335 e. The minimum atomic E-state index is -0.784. The number of hydrogen-bond acceptors (Lipinski definition) is 18. The Morgan fingerprint density at radius 1 is 0.446 bits per heavy atom. The summed E-state index contributed by atoms with van der Waals surface area (Å²) in [5.41, 5.74) is 4.78. The Balaban J connectivity index is 0.991. The van der Waals surface area contributed by atoms with E-state index in [0.29, 0.717) is 101 Å². The van der Waals surface area contributed by atoms with E-state index in [1.165, 1.54) is 0 Å². The second-order valence-electron chi connectivity index (χ2n) is 21.6. The summed E-state index contributed by atoms with van der Waals surface area (Å²) >= 11 is 0. The van der Waals surface area contributed by atoms with Crippen LogP contribution in [0.15, 0.2) is 183 Å². The van der Waals surface area contributed by atoms with Crippen molar-refractivity contribution in [2.24, 2.45) is 0 Å². The quantitative estimate of drug-likeness (QED) is 0.0800. The van der Waals surface area contributed by atoms with Crippen molar-refractivity contribution in [2.45, 2.75) is 26.4 Å². The van der Waals surface area contributed by atoms with Gasteiger partial charge in [-0.25, -0.2) is 28.3 Å². The Morgan fingerprint density at radius 3 is 1.12 bits per heavy atom. The molecule has 16 aliphatic heterocycles. The molecule has 0 radical (unpaired) electrons. The smallest absolute Gasteiger partial charge is 0.335 e. The van der Waals surface area contributed by atoms with Crippen LogP contribution in [0, 0.1) is 0 Å². The Hall–Kier alpha value is -10.6. The maximum atomic E-state index is 14.2. The summed E-state index contributed by atoms with van der Waals surface area (Å²) in [4.78, 5) is 82.9. The third-order valence-electron chi connectivity index (χ3n) is 15.4. The van der Waals surface area contributed by atoms with E-state index in [1.807, 2.05) is 95.7 Å². The van der Waals surface area contributed by atoms with Gasteiger partial charge in [-0.15, -0.1) is 0 Å². The van der Waals surface area contributed by atoms with Crippen molar-refractivity contribution in [2.75, 3.05) is 90.6 Å². The number of anilines is 2. The molecule has 16 bridgehead atoms. The number of esters is 4. The van der Waals surface area contributed by atoms with Gasteiger partial charge in [-0.05, 0) is 58.7 Å². The molecule has 24 rings (SSSR count). The molecule has 16 heterocycles. The van der Waals surface area contributed by atoms with Crippen LogP contribution in [0.1, 0.15) is 33.4 Å². The van der Waals surface area contributed by atoms with Crippen LogP contribution in [-0.2, 0) is 74.1 Å². The zero-order valence-electron chi connectivity index (χ0n) is 51.6. The Morgan fingerprint density at radius 2 is 0.783 bits per heavy atom. The van der Waals surface area contributed by atoms with Crippen molar-refractivity contribution in [3.8, 4) is 23.0 Å². The summed E-state index contributed by atoms with van der Waals surface area (Å²) in [5, 5.41) is 24.9. The molecule has 6 aromatic carbocycles. The fourth-order valence-electron chi connectivity index (χ4n) is 10.3.